The van der Waals surface area contributed by atoms with Gasteiger partial charge in [0.25, 0.3) is 0 Å². The van der Waals surface area contributed by atoms with Crippen LogP contribution in [0.1, 0.15) is 25.5 Å². The van der Waals surface area contributed by atoms with E-state index in [0.29, 0.717) is 29.5 Å². The van der Waals surface area contributed by atoms with Crippen molar-refractivity contribution in [3.05, 3.63) is 36.3 Å². The van der Waals surface area contributed by atoms with E-state index < -0.39 is 0 Å². The predicted octanol–water partition coefficient (Wildman–Crippen LogP) is 3.72. The second kappa shape index (κ2) is 7.77. The van der Waals surface area contributed by atoms with E-state index in [-0.39, 0.29) is 17.9 Å². The van der Waals surface area contributed by atoms with Gasteiger partial charge in [-0.25, -0.2) is 9.97 Å². The Hall–Kier alpha value is -3.59. The molecule has 2 fully saturated rings. The van der Waals surface area contributed by atoms with E-state index in [9.17, 15) is 4.79 Å². The summed E-state index contributed by atoms with van der Waals surface area (Å²) >= 11 is 0. The van der Waals surface area contributed by atoms with Gasteiger partial charge in [-0.1, -0.05) is 0 Å². The van der Waals surface area contributed by atoms with Gasteiger partial charge in [0.1, 0.15) is 11.6 Å². The number of hydrogen-bond donors (Lipinski definition) is 1. The molecule has 6 rings (SSSR count). The predicted molar refractivity (Wildman–Crippen MR) is 124 cm³/mol. The standard InChI is InChI=1S/C24H24N6O3/c1-13-12-30(7-8-32-13)21-6-5-19-22(28-21)29-24(33-19)18-11-25-14(2)17-10-26-20(9-16(17)18)27-23(31)15-3-4-15/h5-6,9-11,13,15H,3-4,7-8,12H2,1-2H3,(H,26,27,31). The largest absolute Gasteiger partial charge is 0.434 e. The van der Waals surface area contributed by atoms with Crippen molar-refractivity contribution in [2.24, 2.45) is 5.92 Å². The molecule has 1 saturated carbocycles. The summed E-state index contributed by atoms with van der Waals surface area (Å²) in [7, 11) is 0. The molecule has 0 aromatic carbocycles. The Balaban J connectivity index is 1.39. The van der Waals surface area contributed by atoms with Gasteiger partial charge in [-0.05, 0) is 44.9 Å². The Bertz CT molecular complexity index is 1380. The fourth-order valence-corrected chi connectivity index (χ4v) is 4.21. The van der Waals surface area contributed by atoms with Gasteiger partial charge in [-0.15, -0.1) is 0 Å². The van der Waals surface area contributed by atoms with Crippen molar-refractivity contribution in [3.8, 4) is 11.5 Å². The van der Waals surface area contributed by atoms with Crippen LogP contribution in [-0.4, -0.2) is 51.6 Å². The SMILES string of the molecule is Cc1ncc(-c2nc3nc(N4CCOC(C)C4)ccc3o2)c2cc(NC(=O)C3CC3)ncc12. The topological polar surface area (TPSA) is 106 Å². The number of nitrogens with one attached hydrogen (secondary N) is 1. The number of ether oxygens (including phenoxy) is 1. The van der Waals surface area contributed by atoms with E-state index in [1.165, 1.54) is 0 Å². The molecular formula is C24H24N6O3. The molecule has 33 heavy (non-hydrogen) atoms. The van der Waals surface area contributed by atoms with E-state index in [0.717, 1.165) is 53.8 Å². The molecule has 4 aromatic heterocycles. The molecule has 5 heterocycles. The van der Waals surface area contributed by atoms with E-state index in [1.54, 1.807) is 12.4 Å². The van der Waals surface area contributed by atoms with Crippen LogP contribution in [0.4, 0.5) is 11.6 Å². The highest BCUT2D eigenvalue weighted by Gasteiger charge is 2.30. The summed E-state index contributed by atoms with van der Waals surface area (Å²) in [6.45, 7) is 6.25. The van der Waals surface area contributed by atoms with E-state index in [4.69, 9.17) is 14.1 Å². The number of aromatic nitrogens is 4. The Morgan fingerprint density at radius 3 is 2.85 bits per heavy atom. The molecule has 1 saturated heterocycles. The zero-order valence-electron chi connectivity index (χ0n) is 18.5. The number of aryl methyl sites for hydroxylation is 1. The van der Waals surface area contributed by atoms with Crippen LogP contribution < -0.4 is 10.2 Å². The fraction of sp³-hybridized carbons (Fsp3) is 0.375. The molecule has 1 aliphatic heterocycles. The smallest absolute Gasteiger partial charge is 0.231 e. The lowest BCUT2D eigenvalue weighted by molar-refractivity contribution is -0.117. The summed E-state index contributed by atoms with van der Waals surface area (Å²) in [6, 6.07) is 5.72. The first-order valence-electron chi connectivity index (χ1n) is 11.3. The van der Waals surface area contributed by atoms with Crippen molar-refractivity contribution < 1.29 is 13.9 Å². The minimum Gasteiger partial charge on any atom is -0.434 e. The number of pyridine rings is 3. The lowest BCUT2D eigenvalue weighted by Gasteiger charge is -2.31. The van der Waals surface area contributed by atoms with Crippen LogP contribution in [0.3, 0.4) is 0 Å². The quantitative estimate of drug-likeness (QED) is 0.508. The van der Waals surface area contributed by atoms with Gasteiger partial charge in [0.05, 0.1) is 18.3 Å². The van der Waals surface area contributed by atoms with Crippen molar-refractivity contribution in [1.29, 1.82) is 0 Å². The van der Waals surface area contributed by atoms with Gasteiger partial charge in [0.15, 0.2) is 5.58 Å². The van der Waals surface area contributed by atoms with Crippen LogP contribution >= 0.6 is 0 Å². The molecule has 1 unspecified atom stereocenters. The summed E-state index contributed by atoms with van der Waals surface area (Å²) in [5, 5.41) is 4.68. The van der Waals surface area contributed by atoms with E-state index in [1.807, 2.05) is 25.1 Å². The number of fused-ring (bicyclic) bond motifs is 2. The third-order valence-corrected chi connectivity index (χ3v) is 6.20. The highest BCUT2D eigenvalue weighted by atomic mass is 16.5. The number of amides is 1. The Morgan fingerprint density at radius 2 is 2.03 bits per heavy atom. The molecule has 2 aliphatic rings. The zero-order valence-corrected chi connectivity index (χ0v) is 18.5. The van der Waals surface area contributed by atoms with Crippen LogP contribution in [0, 0.1) is 12.8 Å². The number of nitrogens with zero attached hydrogens (tertiary/aromatic N) is 5. The van der Waals surface area contributed by atoms with Crippen LogP contribution in [0.5, 0.6) is 0 Å². The number of carbonyl (C=O) groups excluding carboxylic acids is 1. The average Bonchev–Trinajstić information content (AvgIpc) is 3.58. The minimum atomic E-state index is 0.0187. The third-order valence-electron chi connectivity index (χ3n) is 6.20. The van der Waals surface area contributed by atoms with Crippen LogP contribution in [-0.2, 0) is 9.53 Å². The molecular weight excluding hydrogens is 420 g/mol. The van der Waals surface area contributed by atoms with Gasteiger partial charge in [0.2, 0.25) is 17.4 Å². The molecule has 1 N–H and O–H groups in total. The molecule has 168 valence electrons. The summed E-state index contributed by atoms with van der Waals surface area (Å²) in [5.74, 6) is 1.94. The lowest BCUT2D eigenvalue weighted by atomic mass is 10.1. The van der Waals surface area contributed by atoms with E-state index in [2.05, 4.69) is 32.1 Å². The number of hydrogen-bond acceptors (Lipinski definition) is 8. The molecule has 0 bridgehead atoms. The molecule has 1 atom stereocenters. The van der Waals surface area contributed by atoms with Gasteiger partial charge in [-0.2, -0.15) is 4.98 Å². The number of rotatable bonds is 4. The van der Waals surface area contributed by atoms with Gasteiger partial charge in [-0.3, -0.25) is 9.78 Å². The summed E-state index contributed by atoms with van der Waals surface area (Å²) in [4.78, 5) is 32.8. The lowest BCUT2D eigenvalue weighted by Crippen LogP contribution is -2.41. The molecule has 1 amide bonds. The number of carbonyl (C=O) groups is 1. The van der Waals surface area contributed by atoms with Crippen molar-refractivity contribution in [2.75, 3.05) is 29.9 Å². The first-order chi connectivity index (χ1) is 16.0. The van der Waals surface area contributed by atoms with Gasteiger partial charge >= 0.3 is 0 Å². The van der Waals surface area contributed by atoms with Crippen LogP contribution in [0.15, 0.2) is 35.0 Å². The summed E-state index contributed by atoms with van der Waals surface area (Å²) < 4.78 is 11.7. The van der Waals surface area contributed by atoms with Gasteiger partial charge in [0, 0.05) is 47.9 Å². The Labute approximate surface area is 190 Å². The first-order valence-corrected chi connectivity index (χ1v) is 11.3. The number of morpholine rings is 1. The molecule has 0 spiro atoms. The van der Waals surface area contributed by atoms with Crippen molar-refractivity contribution in [3.63, 3.8) is 0 Å². The monoisotopic (exact) mass is 444 g/mol. The molecule has 9 nitrogen and oxygen atoms in total. The summed E-state index contributed by atoms with van der Waals surface area (Å²) in [6.07, 6.45) is 5.53. The maximum atomic E-state index is 12.2. The normalized spacial score (nSPS) is 18.7. The molecule has 0 radical (unpaired) electrons. The number of anilines is 2. The molecule has 1 aliphatic carbocycles. The minimum absolute atomic E-state index is 0.0187. The third kappa shape index (κ3) is 3.78. The first kappa shape index (κ1) is 20.0. The second-order valence-electron chi connectivity index (χ2n) is 8.77. The fourth-order valence-electron chi connectivity index (χ4n) is 4.21. The maximum Gasteiger partial charge on any atom is 0.231 e. The van der Waals surface area contributed by atoms with Crippen molar-refractivity contribution >= 4 is 39.5 Å². The maximum absolute atomic E-state index is 12.2. The van der Waals surface area contributed by atoms with Crippen molar-refractivity contribution in [1.82, 2.24) is 19.9 Å². The second-order valence-corrected chi connectivity index (χ2v) is 8.77. The van der Waals surface area contributed by atoms with E-state index >= 15 is 0 Å². The zero-order chi connectivity index (χ0) is 22.5. The van der Waals surface area contributed by atoms with Crippen molar-refractivity contribution in [2.45, 2.75) is 32.8 Å². The Morgan fingerprint density at radius 1 is 1.15 bits per heavy atom. The average molecular weight is 444 g/mol. The number of oxazole rings is 1. The Kier molecular flexibility index (Phi) is 4.72. The summed E-state index contributed by atoms with van der Waals surface area (Å²) in [5.41, 5.74) is 2.74. The molecule has 9 heteroatoms. The molecule has 4 aromatic rings. The van der Waals surface area contributed by atoms with Crippen LogP contribution in [0.2, 0.25) is 0 Å². The van der Waals surface area contributed by atoms with Gasteiger partial charge < -0.3 is 19.4 Å². The highest BCUT2D eigenvalue weighted by Crippen LogP contribution is 2.34. The highest BCUT2D eigenvalue weighted by molar-refractivity contribution is 6.00. The van der Waals surface area contributed by atoms with Crippen LogP contribution in [0.25, 0.3) is 33.5 Å².